The van der Waals surface area contributed by atoms with Gasteiger partial charge in [0, 0.05) is 61.7 Å². The molecule has 0 aliphatic rings. The minimum atomic E-state index is 0.606. The SMILES string of the molecule is N#Cc1c(-n2c3cccc4c5cccnc5c5cccc2c5c43)cccc1-n1c2cccc3c4nccnc4c4cccc1c4c32. The van der Waals surface area contributed by atoms with Crippen molar-refractivity contribution in [3.8, 4) is 17.4 Å². The number of aromatic nitrogens is 5. The van der Waals surface area contributed by atoms with Gasteiger partial charge in [0.05, 0.1) is 50.0 Å². The molecule has 0 radical (unpaired) electrons. The molecule has 0 aliphatic carbocycles. The fourth-order valence-corrected chi connectivity index (χ4v) is 8.14. The number of nitriles is 1. The topological polar surface area (TPSA) is 72.3 Å². The van der Waals surface area contributed by atoms with Crippen LogP contribution in [0.1, 0.15) is 5.56 Å². The summed E-state index contributed by atoms with van der Waals surface area (Å²) in [5.74, 6) is 0. The van der Waals surface area contributed by atoms with Crippen molar-refractivity contribution >= 4 is 87.1 Å². The van der Waals surface area contributed by atoms with Crippen LogP contribution in [0.2, 0.25) is 0 Å². The first-order chi connectivity index (χ1) is 22.8. The van der Waals surface area contributed by atoms with E-state index in [-0.39, 0.29) is 0 Å². The van der Waals surface area contributed by atoms with Gasteiger partial charge in [0.2, 0.25) is 0 Å². The maximum absolute atomic E-state index is 11.0. The van der Waals surface area contributed by atoms with E-state index in [9.17, 15) is 5.26 Å². The first-order valence-corrected chi connectivity index (χ1v) is 15.3. The maximum atomic E-state index is 11.0. The first-order valence-electron chi connectivity index (χ1n) is 15.3. The fourth-order valence-electron chi connectivity index (χ4n) is 8.14. The van der Waals surface area contributed by atoms with E-state index >= 15 is 0 Å². The molecule has 0 amide bonds. The molecule has 7 aromatic carbocycles. The Balaban J connectivity index is 1.30. The van der Waals surface area contributed by atoms with Crippen LogP contribution in [0, 0.1) is 11.3 Å². The third-order valence-corrected chi connectivity index (χ3v) is 9.81. The number of hydrogen-bond donors (Lipinski definition) is 0. The first kappa shape index (κ1) is 23.8. The third kappa shape index (κ3) is 2.71. The lowest BCUT2D eigenvalue weighted by molar-refractivity contribution is 1.12. The molecule has 0 aliphatic heterocycles. The van der Waals surface area contributed by atoms with Crippen molar-refractivity contribution in [3.05, 3.63) is 127 Å². The summed E-state index contributed by atoms with van der Waals surface area (Å²) in [4.78, 5) is 14.3. The summed E-state index contributed by atoms with van der Waals surface area (Å²) in [7, 11) is 0. The second-order valence-electron chi connectivity index (χ2n) is 11.9. The van der Waals surface area contributed by atoms with Gasteiger partial charge < -0.3 is 9.13 Å². The van der Waals surface area contributed by atoms with Crippen LogP contribution >= 0.6 is 0 Å². The Kier molecular flexibility index (Phi) is 4.31. The molecular weight excluding hydrogens is 564 g/mol. The van der Waals surface area contributed by atoms with Crippen LogP contribution < -0.4 is 0 Å². The van der Waals surface area contributed by atoms with Crippen LogP contribution in [0.3, 0.4) is 0 Å². The van der Waals surface area contributed by atoms with Crippen LogP contribution in [0.5, 0.6) is 0 Å². The van der Waals surface area contributed by atoms with Gasteiger partial charge in [-0.05, 0) is 47.9 Å². The monoisotopic (exact) mass is 584 g/mol. The highest BCUT2D eigenvalue weighted by Gasteiger charge is 2.25. The standard InChI is InChI=1S/C40H20N6/c41-21-27-28(45-30-14-1-7-22-23-11-6-18-42-38(23)24-8-2-15-31(45)35(24)34(22)30)12-5-13-29(27)46-32-16-3-9-25-36(32)37-26(10-4-17-33(37)46)40-39(25)43-19-20-44-40/h1-20H. The highest BCUT2D eigenvalue weighted by Crippen LogP contribution is 2.45. The lowest BCUT2D eigenvalue weighted by atomic mass is 9.97. The van der Waals surface area contributed by atoms with Crippen molar-refractivity contribution in [2.24, 2.45) is 0 Å². The van der Waals surface area contributed by atoms with E-state index in [4.69, 9.17) is 15.0 Å². The maximum Gasteiger partial charge on any atom is 0.104 e. The Morgan fingerprint density at radius 1 is 0.413 bits per heavy atom. The summed E-state index contributed by atoms with van der Waals surface area (Å²) < 4.78 is 4.51. The number of fused-ring (bicyclic) bond motifs is 6. The van der Waals surface area contributed by atoms with E-state index < -0.39 is 0 Å². The summed E-state index contributed by atoms with van der Waals surface area (Å²) >= 11 is 0. The minimum Gasteiger partial charge on any atom is -0.308 e. The predicted octanol–water partition coefficient (Wildman–Crippen LogP) is 9.43. The normalized spacial score (nSPS) is 12.3. The van der Waals surface area contributed by atoms with Crippen molar-refractivity contribution < 1.29 is 0 Å². The molecule has 0 unspecified atom stereocenters. The van der Waals surface area contributed by atoms with Crippen LogP contribution in [-0.2, 0) is 0 Å². The van der Waals surface area contributed by atoms with Crippen LogP contribution in [0.4, 0.5) is 0 Å². The molecule has 0 saturated carbocycles. The molecule has 0 atom stereocenters. The van der Waals surface area contributed by atoms with Gasteiger partial charge in [-0.15, -0.1) is 0 Å². The van der Waals surface area contributed by atoms with Crippen molar-refractivity contribution in [2.45, 2.75) is 0 Å². The molecule has 6 nitrogen and oxygen atoms in total. The molecule has 4 aromatic heterocycles. The van der Waals surface area contributed by atoms with Crippen LogP contribution in [-0.4, -0.2) is 24.1 Å². The van der Waals surface area contributed by atoms with E-state index in [1.807, 2.05) is 12.3 Å². The molecule has 0 N–H and O–H groups in total. The van der Waals surface area contributed by atoms with Gasteiger partial charge >= 0.3 is 0 Å². The van der Waals surface area contributed by atoms with Crippen molar-refractivity contribution in [2.75, 3.05) is 0 Å². The highest BCUT2D eigenvalue weighted by atomic mass is 15.0. The average Bonchev–Trinajstić information content (AvgIpc) is 3.64. The Morgan fingerprint density at radius 3 is 1.35 bits per heavy atom. The summed E-state index contributed by atoms with van der Waals surface area (Å²) in [6.07, 6.45) is 5.37. The van der Waals surface area contributed by atoms with Gasteiger partial charge in [0.25, 0.3) is 0 Å². The summed E-state index contributed by atoms with van der Waals surface area (Å²) in [5, 5.41) is 21.2. The number of pyridine rings is 1. The number of hydrogen-bond acceptors (Lipinski definition) is 4. The van der Waals surface area contributed by atoms with E-state index in [2.05, 4.69) is 112 Å². The molecule has 0 bridgehead atoms. The number of rotatable bonds is 2. The highest BCUT2D eigenvalue weighted by molar-refractivity contribution is 6.34. The van der Waals surface area contributed by atoms with Gasteiger partial charge in [-0.3, -0.25) is 15.0 Å². The molecule has 11 rings (SSSR count). The summed E-state index contributed by atoms with van der Waals surface area (Å²) in [6, 6.07) is 38.5. The van der Waals surface area contributed by atoms with E-state index in [1.165, 1.54) is 16.2 Å². The average molecular weight is 585 g/mol. The van der Waals surface area contributed by atoms with Crippen molar-refractivity contribution in [1.29, 1.82) is 5.26 Å². The zero-order chi connectivity index (χ0) is 30.1. The molecule has 46 heavy (non-hydrogen) atoms. The molecule has 6 heteroatoms. The van der Waals surface area contributed by atoms with Crippen molar-refractivity contribution in [3.63, 3.8) is 0 Å². The van der Waals surface area contributed by atoms with Crippen molar-refractivity contribution in [1.82, 2.24) is 24.1 Å². The quantitative estimate of drug-likeness (QED) is 0.190. The molecule has 4 heterocycles. The molecule has 210 valence electrons. The lowest BCUT2D eigenvalue weighted by Crippen LogP contribution is -2.03. The minimum absolute atomic E-state index is 0.606. The molecular formula is C40H20N6. The number of benzene rings is 7. The molecule has 11 aromatic rings. The lowest BCUT2D eigenvalue weighted by Gasteiger charge is -2.15. The third-order valence-electron chi connectivity index (χ3n) is 9.81. The Bertz CT molecular complexity index is 2730. The number of nitrogens with zero attached hydrogens (tertiary/aromatic N) is 6. The second-order valence-corrected chi connectivity index (χ2v) is 11.9. The zero-order valence-electron chi connectivity index (χ0n) is 24.2. The van der Waals surface area contributed by atoms with Gasteiger partial charge in [-0.25, -0.2) is 0 Å². The summed E-state index contributed by atoms with van der Waals surface area (Å²) in [6.45, 7) is 0. The second kappa shape index (κ2) is 8.32. The van der Waals surface area contributed by atoms with Crippen LogP contribution in [0.25, 0.3) is 98.5 Å². The summed E-state index contributed by atoms with van der Waals surface area (Å²) in [5.41, 5.74) is 9.26. The Hall–Kier alpha value is -6.58. The molecule has 0 spiro atoms. The van der Waals surface area contributed by atoms with Crippen LogP contribution in [0.15, 0.2) is 122 Å². The van der Waals surface area contributed by atoms with Gasteiger partial charge in [0.15, 0.2) is 0 Å². The van der Waals surface area contributed by atoms with E-state index in [1.54, 1.807) is 12.4 Å². The Morgan fingerprint density at radius 2 is 0.826 bits per heavy atom. The van der Waals surface area contributed by atoms with Gasteiger partial charge in [-0.1, -0.05) is 60.7 Å². The smallest absolute Gasteiger partial charge is 0.104 e. The fraction of sp³-hybridized carbons (Fsp3) is 0. The van der Waals surface area contributed by atoms with Gasteiger partial charge in [-0.2, -0.15) is 5.26 Å². The Labute approximate surface area is 260 Å². The van der Waals surface area contributed by atoms with Gasteiger partial charge in [0.1, 0.15) is 11.6 Å². The van der Waals surface area contributed by atoms with E-state index in [0.29, 0.717) is 5.56 Å². The van der Waals surface area contributed by atoms with E-state index in [0.717, 1.165) is 82.3 Å². The largest absolute Gasteiger partial charge is 0.308 e. The predicted molar refractivity (Wildman–Crippen MR) is 186 cm³/mol. The molecule has 0 fully saturated rings. The molecule has 0 saturated heterocycles. The zero-order valence-corrected chi connectivity index (χ0v) is 24.2.